The van der Waals surface area contributed by atoms with E-state index in [0.29, 0.717) is 12.3 Å². The molecule has 5 heteroatoms. The molecule has 0 bridgehead atoms. The van der Waals surface area contributed by atoms with Gasteiger partial charge in [-0.2, -0.15) is 0 Å². The van der Waals surface area contributed by atoms with Gasteiger partial charge in [-0.15, -0.1) is 0 Å². The minimum Gasteiger partial charge on any atom is -0.454 e. The first-order valence-corrected chi connectivity index (χ1v) is 7.10. The lowest BCUT2D eigenvalue weighted by atomic mass is 10.1. The van der Waals surface area contributed by atoms with Gasteiger partial charge >= 0.3 is 0 Å². The van der Waals surface area contributed by atoms with Crippen LogP contribution in [-0.4, -0.2) is 12.5 Å². The third-order valence-electron chi connectivity index (χ3n) is 3.19. The van der Waals surface area contributed by atoms with Crippen molar-refractivity contribution in [2.24, 2.45) is 0 Å². The summed E-state index contributed by atoms with van der Waals surface area (Å²) in [6.07, 6.45) is 1.90. The molecule has 0 aliphatic carbocycles. The lowest BCUT2D eigenvalue weighted by Gasteiger charge is -2.08. The van der Waals surface area contributed by atoms with Crippen molar-refractivity contribution in [3.63, 3.8) is 0 Å². The molecule has 0 saturated heterocycles. The van der Waals surface area contributed by atoms with Crippen LogP contribution in [-0.2, 0) is 4.79 Å². The molecule has 0 spiro atoms. The SMILES string of the molecule is CC(=O)NC/C=C(/C)c1ccc(Oc2ccc(F)cc2F)cc1. The zero-order valence-corrected chi connectivity index (χ0v) is 12.9. The molecule has 0 aliphatic heterocycles. The van der Waals surface area contributed by atoms with Gasteiger partial charge in [0.2, 0.25) is 5.91 Å². The monoisotopic (exact) mass is 317 g/mol. The van der Waals surface area contributed by atoms with Gasteiger partial charge in [-0.05, 0) is 42.3 Å². The number of hydrogen-bond acceptors (Lipinski definition) is 2. The van der Waals surface area contributed by atoms with Crippen LogP contribution < -0.4 is 10.1 Å². The molecule has 2 aromatic rings. The van der Waals surface area contributed by atoms with Crippen molar-refractivity contribution in [1.82, 2.24) is 5.32 Å². The van der Waals surface area contributed by atoms with Gasteiger partial charge in [-0.25, -0.2) is 8.78 Å². The minimum atomic E-state index is -0.750. The second kappa shape index (κ2) is 7.54. The van der Waals surface area contributed by atoms with E-state index < -0.39 is 11.6 Å². The van der Waals surface area contributed by atoms with Gasteiger partial charge in [0.05, 0.1) is 0 Å². The molecule has 0 heterocycles. The fourth-order valence-corrected chi connectivity index (χ4v) is 1.94. The molecule has 2 aromatic carbocycles. The number of carbonyl (C=O) groups excluding carboxylic acids is 1. The summed E-state index contributed by atoms with van der Waals surface area (Å²) in [5.41, 5.74) is 1.96. The highest BCUT2D eigenvalue weighted by molar-refractivity contribution is 5.73. The topological polar surface area (TPSA) is 38.3 Å². The van der Waals surface area contributed by atoms with Crippen LogP contribution in [0, 0.1) is 11.6 Å². The molecule has 0 atom stereocenters. The fourth-order valence-electron chi connectivity index (χ4n) is 1.94. The van der Waals surface area contributed by atoms with Crippen molar-refractivity contribution in [1.29, 1.82) is 0 Å². The number of ether oxygens (including phenoxy) is 1. The standard InChI is InChI=1S/C18H17F2NO2/c1-12(9-10-21-13(2)22)14-3-6-16(7-4-14)23-18-8-5-15(19)11-17(18)20/h3-9,11H,10H2,1-2H3,(H,21,22)/b12-9-. The number of amides is 1. The second-order valence-corrected chi connectivity index (χ2v) is 5.03. The van der Waals surface area contributed by atoms with E-state index in [0.717, 1.165) is 23.3 Å². The number of allylic oxidation sites excluding steroid dienone is 1. The summed E-state index contributed by atoms with van der Waals surface area (Å²) in [4.78, 5) is 10.8. The van der Waals surface area contributed by atoms with E-state index >= 15 is 0 Å². The first-order valence-electron chi connectivity index (χ1n) is 7.10. The van der Waals surface area contributed by atoms with E-state index in [4.69, 9.17) is 4.74 Å². The van der Waals surface area contributed by atoms with Crippen LogP contribution in [0.3, 0.4) is 0 Å². The first kappa shape index (κ1) is 16.7. The fraction of sp³-hybridized carbons (Fsp3) is 0.167. The second-order valence-electron chi connectivity index (χ2n) is 5.03. The predicted molar refractivity (Wildman–Crippen MR) is 85.2 cm³/mol. The Morgan fingerprint density at radius 1 is 1.13 bits per heavy atom. The van der Waals surface area contributed by atoms with E-state index in [2.05, 4.69) is 5.32 Å². The van der Waals surface area contributed by atoms with E-state index in [-0.39, 0.29) is 11.7 Å². The Balaban J connectivity index is 2.05. The molecular weight excluding hydrogens is 300 g/mol. The molecule has 0 radical (unpaired) electrons. The smallest absolute Gasteiger partial charge is 0.217 e. The predicted octanol–water partition coefficient (Wildman–Crippen LogP) is 4.30. The van der Waals surface area contributed by atoms with E-state index in [1.54, 1.807) is 12.1 Å². The molecule has 23 heavy (non-hydrogen) atoms. The average molecular weight is 317 g/mol. The lowest BCUT2D eigenvalue weighted by molar-refractivity contribution is -0.118. The van der Waals surface area contributed by atoms with Gasteiger partial charge in [-0.3, -0.25) is 4.79 Å². The summed E-state index contributed by atoms with van der Waals surface area (Å²) in [7, 11) is 0. The molecule has 0 saturated carbocycles. The van der Waals surface area contributed by atoms with Crippen molar-refractivity contribution in [3.05, 3.63) is 65.7 Å². The molecule has 0 aromatic heterocycles. The van der Waals surface area contributed by atoms with Gasteiger partial charge in [0.15, 0.2) is 11.6 Å². The number of benzene rings is 2. The van der Waals surface area contributed by atoms with Crippen LogP contribution in [0.5, 0.6) is 11.5 Å². The largest absolute Gasteiger partial charge is 0.454 e. The van der Waals surface area contributed by atoms with Gasteiger partial charge in [0.25, 0.3) is 0 Å². The molecule has 3 nitrogen and oxygen atoms in total. The molecule has 1 amide bonds. The quantitative estimate of drug-likeness (QED) is 0.893. The number of carbonyl (C=O) groups is 1. The van der Waals surface area contributed by atoms with Gasteiger partial charge in [0, 0.05) is 19.5 Å². The van der Waals surface area contributed by atoms with E-state index in [1.165, 1.54) is 13.0 Å². The average Bonchev–Trinajstić information content (AvgIpc) is 2.50. The summed E-state index contributed by atoms with van der Waals surface area (Å²) in [5, 5.41) is 2.69. The maximum Gasteiger partial charge on any atom is 0.217 e. The molecule has 0 aliphatic rings. The summed E-state index contributed by atoms with van der Waals surface area (Å²) < 4.78 is 31.8. The van der Waals surface area contributed by atoms with Crippen LogP contribution in [0.15, 0.2) is 48.5 Å². The Morgan fingerprint density at radius 3 is 2.43 bits per heavy atom. The molecule has 0 fully saturated rings. The zero-order valence-electron chi connectivity index (χ0n) is 12.9. The van der Waals surface area contributed by atoms with Gasteiger partial charge < -0.3 is 10.1 Å². The third kappa shape index (κ3) is 4.92. The summed E-state index contributed by atoms with van der Waals surface area (Å²) in [5.74, 6) is -1.06. The zero-order chi connectivity index (χ0) is 16.8. The highest BCUT2D eigenvalue weighted by Gasteiger charge is 2.06. The van der Waals surface area contributed by atoms with Crippen LogP contribution in [0.1, 0.15) is 19.4 Å². The van der Waals surface area contributed by atoms with E-state index in [1.807, 2.05) is 25.1 Å². The van der Waals surface area contributed by atoms with Gasteiger partial charge in [0.1, 0.15) is 11.6 Å². The maximum absolute atomic E-state index is 13.5. The first-order chi connectivity index (χ1) is 11.0. The molecule has 0 unspecified atom stereocenters. The van der Waals surface area contributed by atoms with E-state index in [9.17, 15) is 13.6 Å². The van der Waals surface area contributed by atoms with Crippen molar-refractivity contribution in [3.8, 4) is 11.5 Å². The molecule has 1 N–H and O–H groups in total. The van der Waals surface area contributed by atoms with Crippen LogP contribution in [0.4, 0.5) is 8.78 Å². The normalized spacial score (nSPS) is 11.2. The Bertz CT molecular complexity index is 724. The summed E-state index contributed by atoms with van der Waals surface area (Å²) in [6.45, 7) is 3.85. The number of halogens is 2. The third-order valence-corrected chi connectivity index (χ3v) is 3.19. The Kier molecular flexibility index (Phi) is 5.46. The summed E-state index contributed by atoms with van der Waals surface area (Å²) in [6, 6.07) is 10.2. The molecular formula is C18H17F2NO2. The van der Waals surface area contributed by atoms with Crippen LogP contribution in [0.2, 0.25) is 0 Å². The van der Waals surface area contributed by atoms with Crippen LogP contribution >= 0.6 is 0 Å². The van der Waals surface area contributed by atoms with Crippen molar-refractivity contribution in [2.45, 2.75) is 13.8 Å². The maximum atomic E-state index is 13.5. The van der Waals surface area contributed by atoms with Crippen molar-refractivity contribution in [2.75, 3.05) is 6.54 Å². The number of nitrogens with one attached hydrogen (secondary N) is 1. The minimum absolute atomic E-state index is 0.0305. The number of hydrogen-bond donors (Lipinski definition) is 1. The van der Waals surface area contributed by atoms with Crippen molar-refractivity contribution < 1.29 is 18.3 Å². The highest BCUT2D eigenvalue weighted by Crippen LogP contribution is 2.26. The lowest BCUT2D eigenvalue weighted by Crippen LogP contribution is -2.19. The van der Waals surface area contributed by atoms with Crippen LogP contribution in [0.25, 0.3) is 5.57 Å². The molecule has 120 valence electrons. The Hall–Kier alpha value is -2.69. The highest BCUT2D eigenvalue weighted by atomic mass is 19.1. The Labute approximate surface area is 133 Å². The summed E-state index contributed by atoms with van der Waals surface area (Å²) >= 11 is 0. The Morgan fingerprint density at radius 2 is 1.83 bits per heavy atom. The van der Waals surface area contributed by atoms with Gasteiger partial charge in [-0.1, -0.05) is 18.2 Å². The van der Waals surface area contributed by atoms with Crippen molar-refractivity contribution >= 4 is 11.5 Å². The molecule has 2 rings (SSSR count). The number of rotatable bonds is 5.